The van der Waals surface area contributed by atoms with Crippen LogP contribution in [0.25, 0.3) is 39.1 Å². The molecule has 1 heterocycles. The first-order valence-corrected chi connectivity index (χ1v) is 19.0. The van der Waals surface area contributed by atoms with Gasteiger partial charge in [0, 0.05) is 18.4 Å². The summed E-state index contributed by atoms with van der Waals surface area (Å²) < 4.78 is 6.96. The minimum Gasteiger partial charge on any atom is -0.489 e. The molecule has 4 aromatic rings. The zero-order valence-electron chi connectivity index (χ0n) is 29.1. The van der Waals surface area contributed by atoms with Crippen LogP contribution in [0.1, 0.15) is 98.4 Å². The third kappa shape index (κ3) is 5.09. The third-order valence-electron chi connectivity index (χ3n) is 12.7. The number of ether oxygens (including phenoxy) is 1. The van der Waals surface area contributed by atoms with E-state index in [0.29, 0.717) is 30.2 Å². The number of rotatable bonds is 5. The zero-order valence-corrected chi connectivity index (χ0v) is 29.1. The molecular formula is C47H49NO. The van der Waals surface area contributed by atoms with E-state index in [2.05, 4.69) is 117 Å². The van der Waals surface area contributed by atoms with Gasteiger partial charge < -0.3 is 10.5 Å². The van der Waals surface area contributed by atoms with E-state index < -0.39 is 0 Å². The van der Waals surface area contributed by atoms with Crippen LogP contribution in [0.2, 0.25) is 0 Å². The lowest BCUT2D eigenvalue weighted by molar-refractivity contribution is 0.0210. The number of nitrogens with two attached hydrogens (primary N) is 1. The standard InChI is InChI=1S/C47H49NO/c1-3-12-30-23-24-34(26-35(30)28-48)44-38-19-6-7-20-39(38)45(43-29(2)13-10-21-40(43)44)32-15-11-16-33(25-32)46-36-17-5-4-14-31(36)27-41-37-18-8-9-22-42(37)49-47(41)46/h3,5-7,9,11-12,15-17,19-20,22-26,29,31,36,41,46-47H,4,8,10,13-14,18,21,27-28,48H2,1-2H3/b12-3-. The highest BCUT2D eigenvalue weighted by Crippen LogP contribution is 2.56. The summed E-state index contributed by atoms with van der Waals surface area (Å²) in [5.74, 6) is 3.85. The van der Waals surface area contributed by atoms with E-state index in [9.17, 15) is 0 Å². The first-order chi connectivity index (χ1) is 24.1. The molecule has 1 saturated carbocycles. The average molecular weight is 644 g/mol. The Hall–Kier alpha value is -4.14. The molecule has 0 aromatic heterocycles. The monoisotopic (exact) mass is 643 g/mol. The molecule has 248 valence electrons. The first kappa shape index (κ1) is 30.9. The van der Waals surface area contributed by atoms with E-state index in [4.69, 9.17) is 10.5 Å². The Morgan fingerprint density at radius 1 is 0.878 bits per heavy atom. The average Bonchev–Trinajstić information content (AvgIpc) is 3.51. The van der Waals surface area contributed by atoms with Crippen molar-refractivity contribution < 1.29 is 4.74 Å². The number of fused-ring (bicyclic) bond motifs is 5. The van der Waals surface area contributed by atoms with Crippen molar-refractivity contribution in [2.75, 3.05) is 0 Å². The van der Waals surface area contributed by atoms with Gasteiger partial charge >= 0.3 is 0 Å². The van der Waals surface area contributed by atoms with Gasteiger partial charge in [0.2, 0.25) is 0 Å². The normalized spacial score (nSPS) is 27.2. The van der Waals surface area contributed by atoms with E-state index in [1.165, 1.54) is 99.6 Å². The molecule has 0 radical (unpaired) electrons. The molecular weight excluding hydrogens is 595 g/mol. The topological polar surface area (TPSA) is 35.2 Å². The van der Waals surface area contributed by atoms with Crippen molar-refractivity contribution >= 4 is 16.8 Å². The van der Waals surface area contributed by atoms with Crippen LogP contribution in [-0.4, -0.2) is 6.10 Å². The highest BCUT2D eigenvalue weighted by Gasteiger charge is 2.51. The Morgan fingerprint density at radius 2 is 1.73 bits per heavy atom. The molecule has 4 aromatic carbocycles. The summed E-state index contributed by atoms with van der Waals surface area (Å²) in [5, 5.41) is 2.72. The molecule has 0 spiro atoms. The van der Waals surface area contributed by atoms with Crippen molar-refractivity contribution in [2.45, 2.75) is 89.7 Å². The van der Waals surface area contributed by atoms with Crippen molar-refractivity contribution in [3.8, 4) is 22.3 Å². The Bertz CT molecular complexity index is 2060. The van der Waals surface area contributed by atoms with E-state index in [0.717, 1.165) is 18.8 Å². The summed E-state index contributed by atoms with van der Waals surface area (Å²) in [6.07, 6.45) is 23.8. The third-order valence-corrected chi connectivity index (χ3v) is 12.7. The van der Waals surface area contributed by atoms with Gasteiger partial charge in [-0.15, -0.1) is 0 Å². The molecule has 5 aliphatic rings. The summed E-state index contributed by atoms with van der Waals surface area (Å²) in [4.78, 5) is 0. The van der Waals surface area contributed by atoms with Crippen molar-refractivity contribution in [1.82, 2.24) is 0 Å². The molecule has 2 heteroatoms. The van der Waals surface area contributed by atoms with Crippen molar-refractivity contribution in [1.29, 1.82) is 0 Å². The van der Waals surface area contributed by atoms with Gasteiger partial charge in [-0.3, -0.25) is 0 Å². The van der Waals surface area contributed by atoms with Crippen LogP contribution < -0.4 is 5.73 Å². The smallest absolute Gasteiger partial charge is 0.119 e. The number of hydrogen-bond donors (Lipinski definition) is 1. The van der Waals surface area contributed by atoms with Crippen molar-refractivity contribution in [3.63, 3.8) is 0 Å². The second-order valence-electron chi connectivity index (χ2n) is 15.3. The van der Waals surface area contributed by atoms with E-state index in [1.54, 1.807) is 11.1 Å². The molecule has 0 saturated heterocycles. The fourth-order valence-electron chi connectivity index (χ4n) is 10.6. The lowest BCUT2D eigenvalue weighted by Gasteiger charge is -2.45. The fraction of sp³-hybridized carbons (Fsp3) is 0.362. The molecule has 49 heavy (non-hydrogen) atoms. The zero-order chi connectivity index (χ0) is 33.1. The highest BCUT2D eigenvalue weighted by atomic mass is 16.5. The molecule has 1 aliphatic heterocycles. The van der Waals surface area contributed by atoms with Crippen LogP contribution >= 0.6 is 0 Å². The molecule has 6 unspecified atom stereocenters. The molecule has 2 N–H and O–H groups in total. The van der Waals surface area contributed by atoms with Gasteiger partial charge in [0.15, 0.2) is 0 Å². The van der Waals surface area contributed by atoms with Gasteiger partial charge in [-0.1, -0.05) is 98.0 Å². The Labute approximate surface area is 292 Å². The molecule has 0 amide bonds. The lowest BCUT2D eigenvalue weighted by atomic mass is 9.60. The van der Waals surface area contributed by atoms with Crippen LogP contribution in [0.3, 0.4) is 0 Å². The molecule has 4 aliphatic carbocycles. The maximum absolute atomic E-state index is 6.96. The Morgan fingerprint density at radius 3 is 2.59 bits per heavy atom. The summed E-state index contributed by atoms with van der Waals surface area (Å²) in [6.45, 7) is 5.07. The largest absolute Gasteiger partial charge is 0.489 e. The van der Waals surface area contributed by atoms with Gasteiger partial charge in [0.25, 0.3) is 0 Å². The van der Waals surface area contributed by atoms with Gasteiger partial charge in [0.05, 0.1) is 0 Å². The molecule has 0 bridgehead atoms. The predicted octanol–water partition coefficient (Wildman–Crippen LogP) is 11.8. The second kappa shape index (κ2) is 12.6. The highest BCUT2D eigenvalue weighted by molar-refractivity contribution is 6.08. The minimum atomic E-state index is 0.223. The van der Waals surface area contributed by atoms with Crippen LogP contribution in [0, 0.1) is 17.8 Å². The maximum atomic E-state index is 6.96. The van der Waals surface area contributed by atoms with Crippen molar-refractivity contribution in [2.24, 2.45) is 23.5 Å². The number of hydrogen-bond acceptors (Lipinski definition) is 2. The maximum Gasteiger partial charge on any atom is 0.119 e. The van der Waals surface area contributed by atoms with Crippen LogP contribution in [-0.2, 0) is 17.7 Å². The minimum absolute atomic E-state index is 0.223. The quantitative estimate of drug-likeness (QED) is 0.220. The van der Waals surface area contributed by atoms with Gasteiger partial charge in [0.1, 0.15) is 11.9 Å². The van der Waals surface area contributed by atoms with Gasteiger partial charge in [-0.2, -0.15) is 0 Å². The molecule has 9 rings (SSSR count). The Kier molecular flexibility index (Phi) is 7.96. The molecule has 2 nitrogen and oxygen atoms in total. The Balaban J connectivity index is 1.22. The van der Waals surface area contributed by atoms with E-state index >= 15 is 0 Å². The second-order valence-corrected chi connectivity index (χ2v) is 15.3. The summed E-state index contributed by atoms with van der Waals surface area (Å²) >= 11 is 0. The lowest BCUT2D eigenvalue weighted by Crippen LogP contribution is -2.42. The summed E-state index contributed by atoms with van der Waals surface area (Å²) in [6, 6.07) is 25.9. The van der Waals surface area contributed by atoms with Gasteiger partial charge in [-0.05, 0) is 155 Å². The molecule has 1 fully saturated rings. The predicted molar refractivity (Wildman–Crippen MR) is 205 cm³/mol. The summed E-state index contributed by atoms with van der Waals surface area (Å²) in [5.41, 5.74) is 20.4. The van der Waals surface area contributed by atoms with Crippen LogP contribution in [0.4, 0.5) is 0 Å². The van der Waals surface area contributed by atoms with Gasteiger partial charge in [-0.25, -0.2) is 0 Å². The van der Waals surface area contributed by atoms with Crippen molar-refractivity contribution in [3.05, 3.63) is 136 Å². The SMILES string of the molecule is C/C=C\c1ccc(-c2c3c(c(-c4cccc(C5C6C=CCCC6CC6C7=C(C=CCC7)OC65)c4)c4ccccc24)C(C)CCC3)cc1CN. The van der Waals surface area contributed by atoms with Crippen LogP contribution in [0.15, 0.2) is 108 Å². The molecule has 6 atom stereocenters. The van der Waals surface area contributed by atoms with E-state index in [-0.39, 0.29) is 6.10 Å². The fourth-order valence-corrected chi connectivity index (χ4v) is 10.6. The number of allylic oxidation sites excluding steroid dienone is 5. The van der Waals surface area contributed by atoms with E-state index in [1.807, 2.05) is 0 Å². The number of benzene rings is 4. The summed E-state index contributed by atoms with van der Waals surface area (Å²) in [7, 11) is 0. The first-order valence-electron chi connectivity index (χ1n) is 19.0. The van der Waals surface area contributed by atoms with Crippen LogP contribution in [0.5, 0.6) is 0 Å².